The molecule has 0 fully saturated rings. The largest absolute Gasteiger partial charge is 0.494 e. The average molecular weight is 223 g/mol. The van der Waals surface area contributed by atoms with Crippen molar-refractivity contribution in [1.82, 2.24) is 4.98 Å². The van der Waals surface area contributed by atoms with Gasteiger partial charge in [0.05, 0.1) is 7.11 Å². The Kier molecular flexibility index (Phi) is 2.68. The van der Waals surface area contributed by atoms with Gasteiger partial charge in [0.15, 0.2) is 11.6 Å². The number of ether oxygens (including phenoxy) is 1. The molecule has 0 aliphatic carbocycles. The molecular formula is C11H10FNOS. The average Bonchev–Trinajstić information content (AvgIpc) is 2.66. The molecule has 0 amide bonds. The standard InChI is InChI=1S/C11H10FNOS/c1-7-6-13-11(15-7)8-3-4-9(12)10(5-8)14-2/h3-6H,1-2H3. The lowest BCUT2D eigenvalue weighted by Crippen LogP contribution is -1.88. The summed E-state index contributed by atoms with van der Waals surface area (Å²) < 4.78 is 18.1. The van der Waals surface area contributed by atoms with Crippen molar-refractivity contribution >= 4 is 11.3 Å². The first-order valence-corrected chi connectivity index (χ1v) is 5.28. The highest BCUT2D eigenvalue weighted by Gasteiger charge is 2.07. The van der Waals surface area contributed by atoms with Crippen LogP contribution in [0.2, 0.25) is 0 Å². The van der Waals surface area contributed by atoms with Crippen molar-refractivity contribution in [2.45, 2.75) is 6.92 Å². The van der Waals surface area contributed by atoms with Crippen LogP contribution in [0.1, 0.15) is 4.88 Å². The predicted octanol–water partition coefficient (Wildman–Crippen LogP) is 3.27. The van der Waals surface area contributed by atoms with E-state index in [4.69, 9.17) is 4.74 Å². The number of aryl methyl sites for hydroxylation is 1. The lowest BCUT2D eigenvalue weighted by Gasteiger charge is -2.03. The van der Waals surface area contributed by atoms with Gasteiger partial charge in [0.2, 0.25) is 0 Å². The van der Waals surface area contributed by atoms with Gasteiger partial charge in [-0.15, -0.1) is 11.3 Å². The summed E-state index contributed by atoms with van der Waals surface area (Å²) in [5.41, 5.74) is 0.881. The summed E-state index contributed by atoms with van der Waals surface area (Å²) in [7, 11) is 1.45. The number of aromatic nitrogens is 1. The summed E-state index contributed by atoms with van der Waals surface area (Å²) in [6, 6.07) is 4.76. The highest BCUT2D eigenvalue weighted by molar-refractivity contribution is 7.14. The molecule has 0 saturated carbocycles. The summed E-state index contributed by atoms with van der Waals surface area (Å²) in [6.07, 6.45) is 1.80. The number of methoxy groups -OCH3 is 1. The molecule has 1 aromatic heterocycles. The zero-order valence-electron chi connectivity index (χ0n) is 8.45. The number of hydrogen-bond donors (Lipinski definition) is 0. The fourth-order valence-electron chi connectivity index (χ4n) is 1.28. The van der Waals surface area contributed by atoms with E-state index in [1.807, 2.05) is 6.92 Å². The maximum absolute atomic E-state index is 13.1. The normalized spacial score (nSPS) is 10.3. The van der Waals surface area contributed by atoms with Crippen LogP contribution in [0.3, 0.4) is 0 Å². The third-order valence-corrected chi connectivity index (χ3v) is 2.98. The van der Waals surface area contributed by atoms with Gasteiger partial charge >= 0.3 is 0 Å². The van der Waals surface area contributed by atoms with Gasteiger partial charge in [-0.1, -0.05) is 0 Å². The summed E-state index contributed by atoms with van der Waals surface area (Å²) in [5, 5.41) is 0.880. The lowest BCUT2D eigenvalue weighted by molar-refractivity contribution is 0.387. The third-order valence-electron chi connectivity index (χ3n) is 2.02. The van der Waals surface area contributed by atoms with Gasteiger partial charge in [-0.2, -0.15) is 0 Å². The Balaban J connectivity index is 2.45. The second kappa shape index (κ2) is 3.98. The molecule has 1 aromatic carbocycles. The molecule has 0 bridgehead atoms. The van der Waals surface area contributed by atoms with E-state index >= 15 is 0 Å². The molecule has 2 rings (SSSR count). The van der Waals surface area contributed by atoms with E-state index in [0.29, 0.717) is 0 Å². The molecule has 0 unspecified atom stereocenters. The van der Waals surface area contributed by atoms with E-state index in [-0.39, 0.29) is 11.6 Å². The van der Waals surface area contributed by atoms with Crippen LogP contribution >= 0.6 is 11.3 Å². The highest BCUT2D eigenvalue weighted by Crippen LogP contribution is 2.28. The van der Waals surface area contributed by atoms with E-state index in [2.05, 4.69) is 4.98 Å². The summed E-state index contributed by atoms with van der Waals surface area (Å²) >= 11 is 1.58. The molecule has 2 nitrogen and oxygen atoms in total. The Morgan fingerprint density at radius 1 is 1.40 bits per heavy atom. The molecule has 0 N–H and O–H groups in total. The number of nitrogens with zero attached hydrogens (tertiary/aromatic N) is 1. The van der Waals surface area contributed by atoms with Crippen molar-refractivity contribution in [3.63, 3.8) is 0 Å². The van der Waals surface area contributed by atoms with E-state index < -0.39 is 0 Å². The van der Waals surface area contributed by atoms with Crippen molar-refractivity contribution < 1.29 is 9.13 Å². The fraction of sp³-hybridized carbons (Fsp3) is 0.182. The van der Waals surface area contributed by atoms with Crippen LogP contribution in [0.25, 0.3) is 10.6 Å². The predicted molar refractivity (Wildman–Crippen MR) is 58.8 cm³/mol. The van der Waals surface area contributed by atoms with Crippen molar-refractivity contribution in [3.05, 3.63) is 35.1 Å². The first kappa shape index (κ1) is 10.1. The van der Waals surface area contributed by atoms with Crippen LogP contribution in [0.4, 0.5) is 4.39 Å². The van der Waals surface area contributed by atoms with Gasteiger partial charge in [0.25, 0.3) is 0 Å². The molecule has 4 heteroatoms. The highest BCUT2D eigenvalue weighted by atomic mass is 32.1. The molecular weight excluding hydrogens is 213 g/mol. The Bertz CT molecular complexity index is 481. The molecule has 1 heterocycles. The number of halogens is 1. The summed E-state index contributed by atoms with van der Waals surface area (Å²) in [4.78, 5) is 5.36. The maximum Gasteiger partial charge on any atom is 0.165 e. The molecule has 0 spiro atoms. The van der Waals surface area contributed by atoms with Gasteiger partial charge in [0.1, 0.15) is 5.01 Å². The van der Waals surface area contributed by atoms with Crippen molar-refractivity contribution in [1.29, 1.82) is 0 Å². The molecule has 0 radical (unpaired) electrons. The van der Waals surface area contributed by atoms with Gasteiger partial charge < -0.3 is 4.74 Å². The Morgan fingerprint density at radius 3 is 2.80 bits per heavy atom. The summed E-state index contributed by atoms with van der Waals surface area (Å²) in [5.74, 6) is -0.102. The van der Waals surface area contributed by atoms with Crippen LogP contribution in [-0.4, -0.2) is 12.1 Å². The second-order valence-corrected chi connectivity index (χ2v) is 4.36. The van der Waals surface area contributed by atoms with E-state index in [0.717, 1.165) is 15.4 Å². The number of hydrogen-bond acceptors (Lipinski definition) is 3. The minimum Gasteiger partial charge on any atom is -0.494 e. The molecule has 0 aliphatic heterocycles. The van der Waals surface area contributed by atoms with Gasteiger partial charge in [0, 0.05) is 16.6 Å². The van der Waals surface area contributed by atoms with E-state index in [1.54, 1.807) is 29.7 Å². The number of rotatable bonds is 2. The molecule has 0 aliphatic rings. The maximum atomic E-state index is 13.1. The Labute approximate surface area is 91.4 Å². The Morgan fingerprint density at radius 2 is 2.20 bits per heavy atom. The third kappa shape index (κ3) is 1.99. The zero-order chi connectivity index (χ0) is 10.8. The van der Waals surface area contributed by atoms with Gasteiger partial charge in [-0.25, -0.2) is 9.37 Å². The van der Waals surface area contributed by atoms with E-state index in [1.165, 1.54) is 13.2 Å². The Hall–Kier alpha value is -1.42. The topological polar surface area (TPSA) is 22.1 Å². The monoisotopic (exact) mass is 223 g/mol. The molecule has 0 saturated heterocycles. The number of benzene rings is 1. The second-order valence-electron chi connectivity index (χ2n) is 3.13. The quantitative estimate of drug-likeness (QED) is 0.779. The van der Waals surface area contributed by atoms with Crippen molar-refractivity contribution in [2.75, 3.05) is 7.11 Å². The van der Waals surface area contributed by atoms with E-state index in [9.17, 15) is 4.39 Å². The van der Waals surface area contributed by atoms with Crippen molar-refractivity contribution in [3.8, 4) is 16.3 Å². The lowest BCUT2D eigenvalue weighted by atomic mass is 10.2. The minimum absolute atomic E-state index is 0.250. The molecule has 0 atom stereocenters. The van der Waals surface area contributed by atoms with Crippen molar-refractivity contribution in [2.24, 2.45) is 0 Å². The SMILES string of the molecule is COc1cc(-c2ncc(C)s2)ccc1F. The number of thiazole rings is 1. The van der Waals surface area contributed by atoms with Crippen LogP contribution in [0.15, 0.2) is 24.4 Å². The molecule has 2 aromatic rings. The van der Waals surface area contributed by atoms with Crippen LogP contribution < -0.4 is 4.74 Å². The molecule has 15 heavy (non-hydrogen) atoms. The van der Waals surface area contributed by atoms with Gasteiger partial charge in [-0.05, 0) is 25.1 Å². The van der Waals surface area contributed by atoms with Crippen LogP contribution in [0.5, 0.6) is 5.75 Å². The first-order chi connectivity index (χ1) is 7.20. The fourth-order valence-corrected chi connectivity index (χ4v) is 2.04. The molecule has 78 valence electrons. The van der Waals surface area contributed by atoms with Gasteiger partial charge in [-0.3, -0.25) is 0 Å². The first-order valence-electron chi connectivity index (χ1n) is 4.47. The zero-order valence-corrected chi connectivity index (χ0v) is 9.27. The smallest absolute Gasteiger partial charge is 0.165 e. The van der Waals surface area contributed by atoms with Crippen LogP contribution in [0, 0.1) is 12.7 Å². The van der Waals surface area contributed by atoms with Crippen LogP contribution in [-0.2, 0) is 0 Å². The minimum atomic E-state index is -0.352. The summed E-state index contributed by atoms with van der Waals surface area (Å²) in [6.45, 7) is 1.99.